The van der Waals surface area contributed by atoms with Crippen LogP contribution >= 0.6 is 0 Å². The lowest BCUT2D eigenvalue weighted by Gasteiger charge is -2.18. The molecule has 90 valence electrons. The lowest BCUT2D eigenvalue weighted by Crippen LogP contribution is -2.13. The van der Waals surface area contributed by atoms with E-state index in [-0.39, 0.29) is 0 Å². The van der Waals surface area contributed by atoms with E-state index in [1.807, 2.05) is 18.2 Å². The quantitative estimate of drug-likeness (QED) is 0.806. The molecule has 1 unspecified atom stereocenters. The van der Waals surface area contributed by atoms with Crippen LogP contribution in [0.15, 0.2) is 18.2 Å². The number of methoxy groups -OCH3 is 2. The molecule has 0 spiro atoms. The molecule has 0 saturated carbocycles. The van der Waals surface area contributed by atoms with Crippen molar-refractivity contribution in [2.45, 2.75) is 25.7 Å². The Morgan fingerprint density at radius 1 is 1.25 bits per heavy atom. The fraction of sp³-hybridized carbons (Fsp3) is 0.538. The van der Waals surface area contributed by atoms with Gasteiger partial charge in [-0.1, -0.05) is 13.3 Å². The highest BCUT2D eigenvalue weighted by Crippen LogP contribution is 2.32. The topological polar surface area (TPSA) is 44.5 Å². The Labute approximate surface area is 97.6 Å². The standard InChI is InChI=1S/C13H21NO2/c1-4-5-10(9-14)12-8-11(15-2)6-7-13(12)16-3/h6-8,10H,4-5,9,14H2,1-3H3. The van der Waals surface area contributed by atoms with E-state index in [1.165, 1.54) is 0 Å². The van der Waals surface area contributed by atoms with Crippen molar-refractivity contribution in [1.82, 2.24) is 0 Å². The summed E-state index contributed by atoms with van der Waals surface area (Å²) < 4.78 is 10.6. The van der Waals surface area contributed by atoms with Gasteiger partial charge in [-0.15, -0.1) is 0 Å². The summed E-state index contributed by atoms with van der Waals surface area (Å²) in [5, 5.41) is 0. The number of nitrogens with two attached hydrogens (primary N) is 1. The molecule has 0 bridgehead atoms. The van der Waals surface area contributed by atoms with E-state index in [1.54, 1.807) is 14.2 Å². The maximum Gasteiger partial charge on any atom is 0.122 e. The molecule has 0 amide bonds. The third-order valence-electron chi connectivity index (χ3n) is 2.80. The molecule has 0 fully saturated rings. The second kappa shape index (κ2) is 6.38. The van der Waals surface area contributed by atoms with Crippen LogP contribution in [0.5, 0.6) is 11.5 Å². The van der Waals surface area contributed by atoms with Gasteiger partial charge in [-0.05, 0) is 37.1 Å². The van der Waals surface area contributed by atoms with Gasteiger partial charge in [0.25, 0.3) is 0 Å². The van der Waals surface area contributed by atoms with Crippen LogP contribution in [-0.4, -0.2) is 20.8 Å². The second-order valence-corrected chi connectivity index (χ2v) is 3.83. The smallest absolute Gasteiger partial charge is 0.122 e. The first-order valence-corrected chi connectivity index (χ1v) is 5.68. The van der Waals surface area contributed by atoms with Crippen molar-refractivity contribution in [3.05, 3.63) is 23.8 Å². The maximum absolute atomic E-state index is 5.81. The van der Waals surface area contributed by atoms with Crippen molar-refractivity contribution >= 4 is 0 Å². The monoisotopic (exact) mass is 223 g/mol. The van der Waals surface area contributed by atoms with Gasteiger partial charge < -0.3 is 15.2 Å². The summed E-state index contributed by atoms with van der Waals surface area (Å²) in [4.78, 5) is 0. The maximum atomic E-state index is 5.81. The van der Waals surface area contributed by atoms with E-state index in [9.17, 15) is 0 Å². The van der Waals surface area contributed by atoms with Crippen LogP contribution in [0.2, 0.25) is 0 Å². The first-order chi connectivity index (χ1) is 7.76. The average Bonchev–Trinajstić information content (AvgIpc) is 2.35. The van der Waals surface area contributed by atoms with E-state index in [0.29, 0.717) is 12.5 Å². The molecule has 0 saturated heterocycles. The molecule has 3 nitrogen and oxygen atoms in total. The summed E-state index contributed by atoms with van der Waals surface area (Å²) in [6.45, 7) is 2.80. The van der Waals surface area contributed by atoms with Gasteiger partial charge in [-0.25, -0.2) is 0 Å². The number of hydrogen-bond acceptors (Lipinski definition) is 3. The van der Waals surface area contributed by atoms with Gasteiger partial charge in [0.2, 0.25) is 0 Å². The van der Waals surface area contributed by atoms with Crippen LogP contribution in [0.1, 0.15) is 31.2 Å². The second-order valence-electron chi connectivity index (χ2n) is 3.83. The molecular formula is C13H21NO2. The van der Waals surface area contributed by atoms with Gasteiger partial charge in [0.1, 0.15) is 11.5 Å². The molecule has 16 heavy (non-hydrogen) atoms. The molecule has 1 aromatic rings. The molecule has 1 aromatic carbocycles. The van der Waals surface area contributed by atoms with E-state index < -0.39 is 0 Å². The molecule has 0 aliphatic rings. The summed E-state index contributed by atoms with van der Waals surface area (Å²) in [6, 6.07) is 5.86. The minimum Gasteiger partial charge on any atom is -0.497 e. The molecule has 0 aromatic heterocycles. The van der Waals surface area contributed by atoms with E-state index in [0.717, 1.165) is 29.9 Å². The van der Waals surface area contributed by atoms with Crippen LogP contribution in [0, 0.1) is 0 Å². The Morgan fingerprint density at radius 2 is 2.00 bits per heavy atom. The van der Waals surface area contributed by atoms with Crippen molar-refractivity contribution < 1.29 is 9.47 Å². The van der Waals surface area contributed by atoms with Crippen LogP contribution in [0.4, 0.5) is 0 Å². The number of rotatable bonds is 6. The number of hydrogen-bond donors (Lipinski definition) is 1. The summed E-state index contributed by atoms with van der Waals surface area (Å²) in [6.07, 6.45) is 2.18. The Bertz CT molecular complexity index is 326. The summed E-state index contributed by atoms with van der Waals surface area (Å²) in [5.74, 6) is 2.09. The molecule has 1 rings (SSSR count). The highest BCUT2D eigenvalue weighted by molar-refractivity contribution is 5.42. The predicted octanol–water partition coefficient (Wildman–Crippen LogP) is 2.55. The Morgan fingerprint density at radius 3 is 2.50 bits per heavy atom. The highest BCUT2D eigenvalue weighted by atomic mass is 16.5. The largest absolute Gasteiger partial charge is 0.497 e. The highest BCUT2D eigenvalue weighted by Gasteiger charge is 2.14. The Kier molecular flexibility index (Phi) is 5.12. The lowest BCUT2D eigenvalue weighted by atomic mass is 9.93. The Hall–Kier alpha value is -1.22. The molecule has 0 radical (unpaired) electrons. The van der Waals surface area contributed by atoms with Crippen LogP contribution < -0.4 is 15.2 Å². The fourth-order valence-corrected chi connectivity index (χ4v) is 1.91. The SMILES string of the molecule is CCCC(CN)c1cc(OC)ccc1OC. The minimum atomic E-state index is 0.343. The number of ether oxygens (including phenoxy) is 2. The van der Waals surface area contributed by atoms with Crippen LogP contribution in [-0.2, 0) is 0 Å². The van der Waals surface area contributed by atoms with E-state index in [2.05, 4.69) is 6.92 Å². The van der Waals surface area contributed by atoms with Gasteiger partial charge in [0.05, 0.1) is 14.2 Å². The minimum absolute atomic E-state index is 0.343. The van der Waals surface area contributed by atoms with Gasteiger partial charge in [-0.2, -0.15) is 0 Å². The zero-order chi connectivity index (χ0) is 12.0. The zero-order valence-electron chi connectivity index (χ0n) is 10.3. The Balaban J connectivity index is 3.05. The summed E-state index contributed by atoms with van der Waals surface area (Å²) >= 11 is 0. The molecule has 0 aliphatic carbocycles. The van der Waals surface area contributed by atoms with Crippen molar-refractivity contribution in [3.8, 4) is 11.5 Å². The number of benzene rings is 1. The summed E-state index contributed by atoms with van der Waals surface area (Å²) in [7, 11) is 3.35. The van der Waals surface area contributed by atoms with Crippen molar-refractivity contribution in [2.24, 2.45) is 5.73 Å². The molecule has 3 heteroatoms. The molecule has 0 aliphatic heterocycles. The van der Waals surface area contributed by atoms with E-state index in [4.69, 9.17) is 15.2 Å². The van der Waals surface area contributed by atoms with Crippen molar-refractivity contribution in [1.29, 1.82) is 0 Å². The van der Waals surface area contributed by atoms with Gasteiger partial charge in [0, 0.05) is 5.56 Å². The lowest BCUT2D eigenvalue weighted by molar-refractivity contribution is 0.393. The first-order valence-electron chi connectivity index (χ1n) is 5.68. The normalized spacial score (nSPS) is 12.2. The summed E-state index contributed by atoms with van der Waals surface area (Å²) in [5.41, 5.74) is 6.95. The third-order valence-corrected chi connectivity index (χ3v) is 2.80. The van der Waals surface area contributed by atoms with Crippen molar-refractivity contribution in [3.63, 3.8) is 0 Å². The third kappa shape index (κ3) is 2.89. The first kappa shape index (κ1) is 12.8. The molecule has 1 atom stereocenters. The predicted molar refractivity (Wildman–Crippen MR) is 66.2 cm³/mol. The molecule has 2 N–H and O–H groups in total. The van der Waals surface area contributed by atoms with Gasteiger partial charge >= 0.3 is 0 Å². The molecular weight excluding hydrogens is 202 g/mol. The van der Waals surface area contributed by atoms with Crippen LogP contribution in [0.25, 0.3) is 0 Å². The van der Waals surface area contributed by atoms with Gasteiger partial charge in [0.15, 0.2) is 0 Å². The van der Waals surface area contributed by atoms with Crippen LogP contribution in [0.3, 0.4) is 0 Å². The zero-order valence-corrected chi connectivity index (χ0v) is 10.3. The van der Waals surface area contributed by atoms with Crippen molar-refractivity contribution in [2.75, 3.05) is 20.8 Å². The molecule has 0 heterocycles. The van der Waals surface area contributed by atoms with Gasteiger partial charge in [-0.3, -0.25) is 0 Å². The average molecular weight is 223 g/mol. The fourth-order valence-electron chi connectivity index (χ4n) is 1.91. The van der Waals surface area contributed by atoms with E-state index >= 15 is 0 Å².